The highest BCUT2D eigenvalue weighted by atomic mass is 32.1. The molecule has 0 bridgehead atoms. The van der Waals surface area contributed by atoms with Gasteiger partial charge in [-0.15, -0.1) is 24.0 Å². The maximum atomic E-state index is 12.0. The number of hydrogen-bond acceptors (Lipinski definition) is 4. The van der Waals surface area contributed by atoms with E-state index in [1.807, 2.05) is 16.3 Å². The van der Waals surface area contributed by atoms with E-state index in [0.29, 0.717) is 5.92 Å². The third-order valence-corrected chi connectivity index (χ3v) is 4.31. The maximum absolute atomic E-state index is 12.0. The largest absolute Gasteiger partial charge is 0.396 e. The molecular weight excluding hydrogens is 242 g/mol. The molecule has 0 unspecified atom stereocenters. The van der Waals surface area contributed by atoms with Gasteiger partial charge in [0.25, 0.3) is 5.91 Å². The SMILES string of the molecule is O=C(c1cc(S)cs1)N1CCC(CO)CC1. The molecule has 3 nitrogen and oxygen atoms in total. The predicted molar refractivity (Wildman–Crippen MR) is 67.3 cm³/mol. The van der Waals surface area contributed by atoms with Gasteiger partial charge >= 0.3 is 0 Å². The topological polar surface area (TPSA) is 40.5 Å². The van der Waals surface area contributed by atoms with Crippen LogP contribution in [0.2, 0.25) is 0 Å². The molecule has 1 fully saturated rings. The van der Waals surface area contributed by atoms with Crippen molar-refractivity contribution in [1.82, 2.24) is 4.90 Å². The fourth-order valence-electron chi connectivity index (χ4n) is 1.91. The summed E-state index contributed by atoms with van der Waals surface area (Å²) in [7, 11) is 0. The first-order valence-corrected chi connectivity index (χ1v) is 6.71. The summed E-state index contributed by atoms with van der Waals surface area (Å²) < 4.78 is 0. The molecule has 2 rings (SSSR count). The second-order valence-electron chi connectivity index (χ2n) is 4.09. The summed E-state index contributed by atoms with van der Waals surface area (Å²) in [5.41, 5.74) is 0. The zero-order valence-electron chi connectivity index (χ0n) is 8.93. The monoisotopic (exact) mass is 257 g/mol. The van der Waals surface area contributed by atoms with Crippen LogP contribution in [0.5, 0.6) is 0 Å². The zero-order chi connectivity index (χ0) is 11.5. The van der Waals surface area contributed by atoms with Crippen LogP contribution in [0.4, 0.5) is 0 Å². The van der Waals surface area contributed by atoms with E-state index in [1.165, 1.54) is 11.3 Å². The summed E-state index contributed by atoms with van der Waals surface area (Å²) in [5, 5.41) is 10.9. The van der Waals surface area contributed by atoms with Crippen molar-refractivity contribution in [2.75, 3.05) is 19.7 Å². The number of nitrogens with zero attached hydrogens (tertiary/aromatic N) is 1. The van der Waals surface area contributed by atoms with Gasteiger partial charge in [-0.05, 0) is 24.8 Å². The summed E-state index contributed by atoms with van der Waals surface area (Å²) in [4.78, 5) is 15.5. The van der Waals surface area contributed by atoms with Crippen molar-refractivity contribution >= 4 is 29.9 Å². The predicted octanol–water partition coefficient (Wildman–Crippen LogP) is 1.88. The van der Waals surface area contributed by atoms with Gasteiger partial charge in [0, 0.05) is 30.0 Å². The molecule has 0 saturated carbocycles. The van der Waals surface area contributed by atoms with Crippen molar-refractivity contribution in [2.24, 2.45) is 5.92 Å². The molecule has 1 saturated heterocycles. The number of rotatable bonds is 2. The molecule has 1 aliphatic heterocycles. The second-order valence-corrected chi connectivity index (χ2v) is 5.51. The lowest BCUT2D eigenvalue weighted by Gasteiger charge is -2.30. The van der Waals surface area contributed by atoms with Gasteiger partial charge in [-0.2, -0.15) is 0 Å². The van der Waals surface area contributed by atoms with Gasteiger partial charge < -0.3 is 10.0 Å². The minimum absolute atomic E-state index is 0.0988. The Bertz CT molecular complexity index is 370. The number of carbonyl (C=O) groups is 1. The molecule has 1 amide bonds. The number of aliphatic hydroxyl groups is 1. The average molecular weight is 257 g/mol. The lowest BCUT2D eigenvalue weighted by molar-refractivity contribution is 0.0655. The van der Waals surface area contributed by atoms with Gasteiger partial charge in [0.1, 0.15) is 0 Å². The van der Waals surface area contributed by atoms with Gasteiger partial charge in [-0.25, -0.2) is 0 Å². The highest BCUT2D eigenvalue weighted by molar-refractivity contribution is 7.80. The van der Waals surface area contributed by atoms with E-state index in [-0.39, 0.29) is 12.5 Å². The molecular formula is C11H15NO2S2. The van der Waals surface area contributed by atoms with Crippen molar-refractivity contribution in [3.05, 3.63) is 16.3 Å². The molecule has 1 aromatic heterocycles. The number of hydrogen-bond donors (Lipinski definition) is 2. The Labute approximate surface area is 104 Å². The summed E-state index contributed by atoms with van der Waals surface area (Å²) in [5.74, 6) is 0.467. The van der Waals surface area contributed by atoms with Gasteiger partial charge in [-0.1, -0.05) is 0 Å². The van der Waals surface area contributed by atoms with Crippen LogP contribution < -0.4 is 0 Å². The summed E-state index contributed by atoms with van der Waals surface area (Å²) in [6, 6.07) is 1.81. The lowest BCUT2D eigenvalue weighted by atomic mass is 9.98. The summed E-state index contributed by atoms with van der Waals surface area (Å²) in [6.07, 6.45) is 1.81. The molecule has 1 N–H and O–H groups in total. The zero-order valence-corrected chi connectivity index (χ0v) is 10.6. The minimum Gasteiger partial charge on any atom is -0.396 e. The lowest BCUT2D eigenvalue weighted by Crippen LogP contribution is -2.38. The van der Waals surface area contributed by atoms with Crippen LogP contribution >= 0.6 is 24.0 Å². The summed E-state index contributed by atoms with van der Waals surface area (Å²) >= 11 is 5.64. The first-order chi connectivity index (χ1) is 7.70. The Morgan fingerprint density at radius 2 is 2.25 bits per heavy atom. The Morgan fingerprint density at radius 1 is 1.56 bits per heavy atom. The van der Waals surface area contributed by atoms with Crippen LogP contribution in [0.25, 0.3) is 0 Å². The van der Waals surface area contributed by atoms with E-state index in [9.17, 15) is 4.79 Å². The van der Waals surface area contributed by atoms with Crippen molar-refractivity contribution in [2.45, 2.75) is 17.7 Å². The highest BCUT2D eigenvalue weighted by Gasteiger charge is 2.23. The van der Waals surface area contributed by atoms with Crippen molar-refractivity contribution in [1.29, 1.82) is 0 Å². The number of thiol groups is 1. The van der Waals surface area contributed by atoms with E-state index in [0.717, 1.165) is 35.7 Å². The second kappa shape index (κ2) is 5.21. The highest BCUT2D eigenvalue weighted by Crippen LogP contribution is 2.22. The minimum atomic E-state index is 0.0988. The molecule has 0 aliphatic carbocycles. The van der Waals surface area contributed by atoms with Crippen molar-refractivity contribution < 1.29 is 9.90 Å². The molecule has 88 valence electrons. The molecule has 0 radical (unpaired) electrons. The first-order valence-electron chi connectivity index (χ1n) is 5.38. The molecule has 1 aromatic rings. The Balaban J connectivity index is 1.96. The van der Waals surface area contributed by atoms with Crippen LogP contribution in [-0.2, 0) is 0 Å². The maximum Gasteiger partial charge on any atom is 0.263 e. The molecule has 0 aromatic carbocycles. The number of piperidine rings is 1. The number of thiophene rings is 1. The van der Waals surface area contributed by atoms with Gasteiger partial charge in [0.05, 0.1) is 4.88 Å². The van der Waals surface area contributed by atoms with E-state index < -0.39 is 0 Å². The van der Waals surface area contributed by atoms with E-state index in [4.69, 9.17) is 5.11 Å². The Kier molecular flexibility index (Phi) is 3.89. The normalized spacial score (nSPS) is 17.8. The number of carbonyl (C=O) groups excluding carboxylic acids is 1. The first kappa shape index (κ1) is 12.0. The van der Waals surface area contributed by atoms with Crippen molar-refractivity contribution in [3.8, 4) is 0 Å². The Morgan fingerprint density at radius 3 is 2.75 bits per heavy atom. The van der Waals surface area contributed by atoms with Gasteiger partial charge in [0.15, 0.2) is 0 Å². The van der Waals surface area contributed by atoms with Crippen LogP contribution in [0.1, 0.15) is 22.5 Å². The third-order valence-electron chi connectivity index (χ3n) is 2.96. The fourth-order valence-corrected chi connectivity index (χ4v) is 3.03. The van der Waals surface area contributed by atoms with Gasteiger partial charge in [0.2, 0.25) is 0 Å². The number of likely N-dealkylation sites (tertiary alicyclic amines) is 1. The van der Waals surface area contributed by atoms with E-state index in [2.05, 4.69) is 12.6 Å². The van der Waals surface area contributed by atoms with Gasteiger partial charge in [-0.3, -0.25) is 4.79 Å². The standard InChI is InChI=1S/C11H15NO2S2/c13-6-8-1-3-12(4-2-8)11(14)10-5-9(15)7-16-10/h5,7-8,13,15H,1-4,6H2. The quantitative estimate of drug-likeness (QED) is 0.794. The average Bonchev–Trinajstić information content (AvgIpc) is 2.75. The Hall–Kier alpha value is -0.520. The smallest absolute Gasteiger partial charge is 0.263 e. The van der Waals surface area contributed by atoms with Crippen LogP contribution in [0, 0.1) is 5.92 Å². The molecule has 0 spiro atoms. The molecule has 5 heteroatoms. The van der Waals surface area contributed by atoms with Crippen molar-refractivity contribution in [3.63, 3.8) is 0 Å². The summed E-state index contributed by atoms with van der Waals surface area (Å²) in [6.45, 7) is 1.75. The van der Waals surface area contributed by atoms with Crippen LogP contribution in [-0.4, -0.2) is 35.6 Å². The number of amides is 1. The van der Waals surface area contributed by atoms with Crippen LogP contribution in [0.3, 0.4) is 0 Å². The van der Waals surface area contributed by atoms with Crippen LogP contribution in [0.15, 0.2) is 16.3 Å². The molecule has 2 heterocycles. The third kappa shape index (κ3) is 2.59. The fraction of sp³-hybridized carbons (Fsp3) is 0.545. The van der Waals surface area contributed by atoms with E-state index >= 15 is 0 Å². The van der Waals surface area contributed by atoms with E-state index in [1.54, 1.807) is 0 Å². The molecule has 1 aliphatic rings. The molecule has 0 atom stereocenters. The molecule has 16 heavy (non-hydrogen) atoms. The number of aliphatic hydroxyl groups excluding tert-OH is 1.